The van der Waals surface area contributed by atoms with Crippen LogP contribution in [0.25, 0.3) is 16.9 Å². The van der Waals surface area contributed by atoms with Gasteiger partial charge in [0.25, 0.3) is 0 Å². The van der Waals surface area contributed by atoms with Crippen LogP contribution >= 0.6 is 0 Å². The number of benzene rings is 2. The summed E-state index contributed by atoms with van der Waals surface area (Å²) < 4.78 is 16.7. The fourth-order valence-electron chi connectivity index (χ4n) is 4.19. The van der Waals surface area contributed by atoms with Gasteiger partial charge in [-0.3, -0.25) is 4.79 Å². The number of hydrogen-bond acceptors (Lipinski definition) is 5. The second-order valence-corrected chi connectivity index (χ2v) is 8.01. The molecule has 2 aromatic carbocycles. The Morgan fingerprint density at radius 1 is 1.00 bits per heavy atom. The van der Waals surface area contributed by atoms with E-state index in [0.717, 1.165) is 5.56 Å². The summed E-state index contributed by atoms with van der Waals surface area (Å²) in [6.45, 7) is 3.55. The number of aryl methyl sites for hydroxylation is 1. The van der Waals surface area contributed by atoms with Crippen LogP contribution in [0, 0.1) is 12.7 Å². The molecule has 0 unspecified atom stereocenters. The first-order chi connectivity index (χ1) is 16.0. The van der Waals surface area contributed by atoms with E-state index in [4.69, 9.17) is 0 Å². The molecule has 168 valence electrons. The summed E-state index contributed by atoms with van der Waals surface area (Å²) in [5, 5.41) is 4.39. The second-order valence-electron chi connectivity index (χ2n) is 8.01. The van der Waals surface area contributed by atoms with E-state index in [9.17, 15) is 14.0 Å². The lowest BCUT2D eigenvalue weighted by atomic mass is 10.1. The van der Waals surface area contributed by atoms with Crippen molar-refractivity contribution < 1.29 is 9.18 Å². The third-order valence-corrected chi connectivity index (χ3v) is 5.92. The second kappa shape index (κ2) is 8.50. The van der Waals surface area contributed by atoms with Crippen molar-refractivity contribution in [1.82, 2.24) is 24.1 Å². The molecule has 0 atom stereocenters. The predicted octanol–water partition coefficient (Wildman–Crippen LogP) is 2.35. The molecule has 1 saturated heterocycles. The summed E-state index contributed by atoms with van der Waals surface area (Å²) in [4.78, 5) is 33.9. The van der Waals surface area contributed by atoms with E-state index >= 15 is 0 Å². The highest BCUT2D eigenvalue weighted by atomic mass is 19.1. The van der Waals surface area contributed by atoms with E-state index in [2.05, 4.69) is 10.1 Å². The standard InChI is InChI=1S/C24H23FN6O2/c1-17-26-20(18-7-3-2-4-8-18)15-22-27-30(24(33)31(17)22)16-23(32)29-13-11-28(12-14-29)21-10-6-5-9-19(21)25/h2-10,15H,11-14,16H2,1H3. The SMILES string of the molecule is Cc1nc(-c2ccccc2)cc2nn(CC(=O)N3CCN(c4ccccc4F)CC3)c(=O)n12. The van der Waals surface area contributed by atoms with Crippen molar-refractivity contribution >= 4 is 17.2 Å². The summed E-state index contributed by atoms with van der Waals surface area (Å²) in [5.74, 6) is 0.0449. The molecule has 0 aliphatic carbocycles. The van der Waals surface area contributed by atoms with Gasteiger partial charge in [-0.2, -0.15) is 0 Å². The molecule has 5 rings (SSSR count). The van der Waals surface area contributed by atoms with Crippen LogP contribution in [0.4, 0.5) is 10.1 Å². The molecule has 8 nitrogen and oxygen atoms in total. The number of fused-ring (bicyclic) bond motifs is 1. The van der Waals surface area contributed by atoms with Gasteiger partial charge < -0.3 is 9.80 Å². The van der Waals surface area contributed by atoms with Crippen LogP contribution in [0.1, 0.15) is 5.82 Å². The van der Waals surface area contributed by atoms with Crippen molar-refractivity contribution in [3.05, 3.63) is 82.8 Å². The van der Waals surface area contributed by atoms with Crippen molar-refractivity contribution in [3.8, 4) is 11.3 Å². The van der Waals surface area contributed by atoms with Gasteiger partial charge in [-0.05, 0) is 19.1 Å². The molecule has 0 saturated carbocycles. The molecule has 1 fully saturated rings. The molecular formula is C24H23FN6O2. The number of aromatic nitrogens is 4. The number of hydrogen-bond donors (Lipinski definition) is 0. The van der Waals surface area contributed by atoms with E-state index < -0.39 is 5.69 Å². The van der Waals surface area contributed by atoms with Gasteiger partial charge in [-0.15, -0.1) is 5.10 Å². The van der Waals surface area contributed by atoms with Gasteiger partial charge in [0, 0.05) is 37.8 Å². The van der Waals surface area contributed by atoms with Gasteiger partial charge in [0.2, 0.25) is 5.91 Å². The lowest BCUT2D eigenvalue weighted by Gasteiger charge is -2.36. The van der Waals surface area contributed by atoms with Crippen LogP contribution in [0.2, 0.25) is 0 Å². The Morgan fingerprint density at radius 2 is 1.70 bits per heavy atom. The lowest BCUT2D eigenvalue weighted by molar-refractivity contribution is -0.132. The van der Waals surface area contributed by atoms with Gasteiger partial charge in [-0.1, -0.05) is 42.5 Å². The molecule has 1 amide bonds. The summed E-state index contributed by atoms with van der Waals surface area (Å²) in [5.41, 5.74) is 2.23. The summed E-state index contributed by atoms with van der Waals surface area (Å²) in [7, 11) is 0. The van der Waals surface area contributed by atoms with E-state index in [1.54, 1.807) is 36.1 Å². The van der Waals surface area contributed by atoms with Crippen LogP contribution < -0.4 is 10.6 Å². The Hall–Kier alpha value is -4.01. The van der Waals surface area contributed by atoms with Crippen LogP contribution in [0.3, 0.4) is 0 Å². The average molecular weight is 446 g/mol. The highest BCUT2D eigenvalue weighted by Crippen LogP contribution is 2.20. The normalized spacial score (nSPS) is 14.1. The van der Waals surface area contributed by atoms with Gasteiger partial charge in [0.05, 0.1) is 11.4 Å². The highest BCUT2D eigenvalue weighted by molar-refractivity contribution is 5.76. The van der Waals surface area contributed by atoms with Crippen LogP contribution in [0.15, 0.2) is 65.5 Å². The number of carbonyl (C=O) groups excluding carboxylic acids is 1. The van der Waals surface area contributed by atoms with Crippen molar-refractivity contribution in [3.63, 3.8) is 0 Å². The van der Waals surface area contributed by atoms with Crippen molar-refractivity contribution in [2.75, 3.05) is 31.1 Å². The number of nitrogens with zero attached hydrogens (tertiary/aromatic N) is 6. The Bertz CT molecular complexity index is 1370. The minimum absolute atomic E-state index is 0.152. The third-order valence-electron chi connectivity index (χ3n) is 5.92. The van der Waals surface area contributed by atoms with Crippen molar-refractivity contribution in [1.29, 1.82) is 0 Å². The molecule has 9 heteroatoms. The third kappa shape index (κ3) is 3.97. The van der Waals surface area contributed by atoms with Crippen molar-refractivity contribution in [2.45, 2.75) is 13.5 Å². The molecule has 0 radical (unpaired) electrons. The summed E-state index contributed by atoms with van der Waals surface area (Å²) in [6, 6.07) is 18.0. The van der Waals surface area contributed by atoms with Crippen LogP contribution in [0.5, 0.6) is 0 Å². The lowest BCUT2D eigenvalue weighted by Crippen LogP contribution is -2.50. The maximum atomic E-state index is 14.1. The highest BCUT2D eigenvalue weighted by Gasteiger charge is 2.24. The molecule has 4 aromatic rings. The van der Waals surface area contributed by atoms with Gasteiger partial charge in [-0.25, -0.2) is 23.3 Å². The maximum Gasteiger partial charge on any atom is 0.352 e. The molecule has 33 heavy (non-hydrogen) atoms. The monoisotopic (exact) mass is 446 g/mol. The fraction of sp³-hybridized carbons (Fsp3) is 0.250. The van der Waals surface area contributed by atoms with Gasteiger partial charge in [0.15, 0.2) is 5.65 Å². The quantitative estimate of drug-likeness (QED) is 0.481. The minimum Gasteiger partial charge on any atom is -0.366 e. The predicted molar refractivity (Wildman–Crippen MR) is 123 cm³/mol. The molecule has 1 aliphatic rings. The molecule has 1 aliphatic heterocycles. The van der Waals surface area contributed by atoms with Crippen LogP contribution in [-0.2, 0) is 11.3 Å². The van der Waals surface area contributed by atoms with E-state index in [-0.39, 0.29) is 18.3 Å². The first-order valence-electron chi connectivity index (χ1n) is 10.8. The molecule has 3 heterocycles. The van der Waals surface area contributed by atoms with E-state index in [0.29, 0.717) is 49.0 Å². The topological polar surface area (TPSA) is 75.7 Å². The molecular weight excluding hydrogens is 423 g/mol. The first kappa shape index (κ1) is 20.9. The number of amides is 1. The Morgan fingerprint density at radius 3 is 2.42 bits per heavy atom. The largest absolute Gasteiger partial charge is 0.366 e. The van der Waals surface area contributed by atoms with E-state index in [1.165, 1.54) is 15.1 Å². The molecule has 0 N–H and O–H groups in total. The maximum absolute atomic E-state index is 14.1. The minimum atomic E-state index is -0.395. The summed E-state index contributed by atoms with van der Waals surface area (Å²) >= 11 is 0. The molecule has 2 aromatic heterocycles. The van der Waals surface area contributed by atoms with Crippen molar-refractivity contribution in [2.24, 2.45) is 0 Å². The number of carbonyl (C=O) groups is 1. The van der Waals surface area contributed by atoms with Crippen LogP contribution in [-0.4, -0.2) is 56.2 Å². The number of halogens is 1. The fourth-order valence-corrected chi connectivity index (χ4v) is 4.19. The Kier molecular flexibility index (Phi) is 5.37. The number of anilines is 1. The summed E-state index contributed by atoms with van der Waals surface area (Å²) in [6.07, 6.45) is 0. The Balaban J connectivity index is 1.33. The molecule has 0 bridgehead atoms. The zero-order valence-corrected chi connectivity index (χ0v) is 18.2. The number of rotatable bonds is 4. The zero-order chi connectivity index (χ0) is 22.9. The zero-order valence-electron chi connectivity index (χ0n) is 18.2. The van der Waals surface area contributed by atoms with Gasteiger partial charge in [0.1, 0.15) is 18.2 Å². The number of para-hydroxylation sites is 1. The molecule has 0 spiro atoms. The first-order valence-corrected chi connectivity index (χ1v) is 10.8. The van der Waals surface area contributed by atoms with E-state index in [1.807, 2.05) is 35.2 Å². The Labute approximate surface area is 189 Å². The average Bonchev–Trinajstić information content (AvgIpc) is 3.15. The number of piperazine rings is 1. The smallest absolute Gasteiger partial charge is 0.352 e. The van der Waals surface area contributed by atoms with Gasteiger partial charge >= 0.3 is 5.69 Å².